The zero-order valence-electron chi connectivity index (χ0n) is 19.7. The van der Waals surface area contributed by atoms with Crippen LogP contribution in [-0.4, -0.2) is 55.5 Å². The number of alkyl carbamates (subject to hydrolysis) is 1. The number of nitrogens with one attached hydrogen (secondary N) is 2. The van der Waals surface area contributed by atoms with Gasteiger partial charge in [-0.25, -0.2) is 9.59 Å². The fourth-order valence-electron chi connectivity index (χ4n) is 4.25. The number of hydrogen-bond acceptors (Lipinski definition) is 5. The average Bonchev–Trinajstić information content (AvgIpc) is 3.13. The van der Waals surface area contributed by atoms with E-state index in [2.05, 4.69) is 22.8 Å². The van der Waals surface area contributed by atoms with Crippen LogP contribution in [0.3, 0.4) is 0 Å². The number of carbonyl (C=O) groups excluding carboxylic acids is 2. The molecule has 1 aliphatic carbocycles. The van der Waals surface area contributed by atoms with Gasteiger partial charge in [0.2, 0.25) is 5.91 Å². The summed E-state index contributed by atoms with van der Waals surface area (Å²) in [6.07, 6.45) is -0.254. The average molecular weight is 469 g/mol. The Balaban J connectivity index is 1.65. The van der Waals surface area contributed by atoms with Gasteiger partial charge in [-0.15, -0.1) is 0 Å². The van der Waals surface area contributed by atoms with Crippen LogP contribution in [0.2, 0.25) is 0 Å². The van der Waals surface area contributed by atoms with Gasteiger partial charge >= 0.3 is 12.1 Å². The molecule has 2 aromatic carbocycles. The molecule has 3 N–H and O–H groups in total. The first-order valence-corrected chi connectivity index (χ1v) is 11.5. The quantitative estimate of drug-likeness (QED) is 0.465. The molecule has 1 unspecified atom stereocenters. The van der Waals surface area contributed by atoms with E-state index in [4.69, 9.17) is 9.47 Å². The lowest BCUT2D eigenvalue weighted by molar-refractivity contribution is -0.142. The van der Waals surface area contributed by atoms with Crippen molar-refractivity contribution in [3.05, 3.63) is 59.7 Å². The van der Waals surface area contributed by atoms with E-state index in [9.17, 15) is 19.5 Å². The van der Waals surface area contributed by atoms with E-state index in [1.165, 1.54) is 7.11 Å². The molecule has 182 valence electrons. The predicted molar refractivity (Wildman–Crippen MR) is 128 cm³/mol. The standard InChI is InChI=1S/C26H32N2O6/c1-16(2)14-23(24(29)27-22(25(30)31)12-13-33-3)28-26(32)34-15-21-19-10-6-4-8-17(19)18-9-5-7-11-20(18)21/h4-11,16,21-23H,12-15H2,1-3H3,(H,27,29)(H,28,32)(H,30,31)/t22?,23-/m0/s1. The lowest BCUT2D eigenvalue weighted by Crippen LogP contribution is -2.52. The first-order chi connectivity index (χ1) is 16.3. The molecular formula is C26H32N2O6. The van der Waals surface area contributed by atoms with Crippen molar-refractivity contribution in [3.63, 3.8) is 0 Å². The van der Waals surface area contributed by atoms with Gasteiger partial charge in [0.05, 0.1) is 0 Å². The van der Waals surface area contributed by atoms with Crippen molar-refractivity contribution in [2.75, 3.05) is 20.3 Å². The van der Waals surface area contributed by atoms with Crippen LogP contribution in [0.5, 0.6) is 0 Å². The van der Waals surface area contributed by atoms with Gasteiger partial charge in [0.25, 0.3) is 0 Å². The van der Waals surface area contributed by atoms with Crippen molar-refractivity contribution in [2.45, 2.75) is 44.7 Å². The summed E-state index contributed by atoms with van der Waals surface area (Å²) in [5, 5.41) is 14.5. The monoisotopic (exact) mass is 468 g/mol. The van der Waals surface area contributed by atoms with E-state index in [1.807, 2.05) is 50.2 Å². The molecule has 0 spiro atoms. The molecule has 1 aliphatic rings. The van der Waals surface area contributed by atoms with Crippen molar-refractivity contribution < 1.29 is 29.0 Å². The molecule has 8 nitrogen and oxygen atoms in total. The largest absolute Gasteiger partial charge is 0.480 e. The van der Waals surface area contributed by atoms with Crippen LogP contribution in [0.25, 0.3) is 11.1 Å². The summed E-state index contributed by atoms with van der Waals surface area (Å²) in [5.41, 5.74) is 4.44. The number of benzene rings is 2. The highest BCUT2D eigenvalue weighted by Crippen LogP contribution is 2.44. The van der Waals surface area contributed by atoms with Crippen molar-refractivity contribution >= 4 is 18.0 Å². The third-order valence-corrected chi connectivity index (χ3v) is 5.88. The van der Waals surface area contributed by atoms with Crippen LogP contribution >= 0.6 is 0 Å². The highest BCUT2D eigenvalue weighted by Gasteiger charge is 2.31. The third kappa shape index (κ3) is 6.14. The molecule has 2 atom stereocenters. The Hall–Kier alpha value is -3.39. The summed E-state index contributed by atoms with van der Waals surface area (Å²) in [7, 11) is 1.46. The lowest BCUT2D eigenvalue weighted by atomic mass is 9.98. The fourth-order valence-corrected chi connectivity index (χ4v) is 4.25. The molecule has 2 amide bonds. The molecule has 0 fully saturated rings. The lowest BCUT2D eigenvalue weighted by Gasteiger charge is -2.23. The first kappa shape index (κ1) is 25.2. The SMILES string of the molecule is COCCC(NC(=O)[C@H](CC(C)C)NC(=O)OCC1c2ccccc2-c2ccccc21)C(=O)O. The Morgan fingerprint density at radius 1 is 0.941 bits per heavy atom. The van der Waals surface area contributed by atoms with Gasteiger partial charge in [0.1, 0.15) is 18.7 Å². The van der Waals surface area contributed by atoms with E-state index in [-0.39, 0.29) is 31.5 Å². The van der Waals surface area contributed by atoms with E-state index >= 15 is 0 Å². The van der Waals surface area contributed by atoms with Gasteiger partial charge in [-0.1, -0.05) is 62.4 Å². The van der Waals surface area contributed by atoms with Gasteiger partial charge in [-0.3, -0.25) is 4.79 Å². The number of rotatable bonds is 11. The molecule has 0 saturated heterocycles. The first-order valence-electron chi connectivity index (χ1n) is 11.5. The normalized spacial score (nSPS) is 14.1. The number of aliphatic carboxylic acids is 1. The van der Waals surface area contributed by atoms with Gasteiger partial charge < -0.3 is 25.2 Å². The van der Waals surface area contributed by atoms with Crippen LogP contribution in [0, 0.1) is 5.92 Å². The van der Waals surface area contributed by atoms with Gasteiger partial charge in [-0.05, 0) is 34.6 Å². The van der Waals surface area contributed by atoms with Crippen LogP contribution in [0.15, 0.2) is 48.5 Å². The summed E-state index contributed by atoms with van der Waals surface area (Å²) in [6, 6.07) is 14.0. The minimum absolute atomic E-state index is 0.0897. The number of carboxylic acids is 1. The van der Waals surface area contributed by atoms with Crippen LogP contribution in [0.1, 0.15) is 43.7 Å². The van der Waals surface area contributed by atoms with Crippen LogP contribution in [0.4, 0.5) is 4.79 Å². The Labute approximate surface area is 199 Å². The third-order valence-electron chi connectivity index (χ3n) is 5.88. The minimum Gasteiger partial charge on any atom is -0.480 e. The molecule has 0 aromatic heterocycles. The number of methoxy groups -OCH3 is 1. The zero-order valence-corrected chi connectivity index (χ0v) is 19.7. The summed E-state index contributed by atoms with van der Waals surface area (Å²) >= 11 is 0. The van der Waals surface area contributed by atoms with Crippen molar-refractivity contribution in [2.24, 2.45) is 5.92 Å². The zero-order chi connectivity index (χ0) is 24.7. The van der Waals surface area contributed by atoms with E-state index < -0.39 is 30.1 Å². The minimum atomic E-state index is -1.16. The number of amides is 2. The van der Waals surface area contributed by atoms with E-state index in [0.717, 1.165) is 22.3 Å². The molecule has 8 heteroatoms. The fraction of sp³-hybridized carbons (Fsp3) is 0.423. The predicted octanol–water partition coefficient (Wildman–Crippen LogP) is 3.55. The van der Waals surface area contributed by atoms with E-state index in [1.54, 1.807) is 0 Å². The number of fused-ring (bicyclic) bond motifs is 3. The topological polar surface area (TPSA) is 114 Å². The molecule has 0 radical (unpaired) electrons. The molecule has 0 saturated carbocycles. The van der Waals surface area contributed by atoms with Crippen molar-refractivity contribution in [1.82, 2.24) is 10.6 Å². The molecule has 0 aliphatic heterocycles. The van der Waals surface area contributed by atoms with Crippen molar-refractivity contribution in [3.8, 4) is 11.1 Å². The second kappa shape index (κ2) is 11.7. The summed E-state index contributed by atoms with van der Waals surface area (Å²) in [4.78, 5) is 36.9. The number of carbonyl (C=O) groups is 3. The Kier molecular flexibility index (Phi) is 8.65. The smallest absolute Gasteiger partial charge is 0.407 e. The summed E-state index contributed by atoms with van der Waals surface area (Å²) < 4.78 is 10.5. The molecule has 2 aromatic rings. The van der Waals surface area contributed by atoms with E-state index in [0.29, 0.717) is 6.42 Å². The highest BCUT2D eigenvalue weighted by molar-refractivity contribution is 5.89. The molecule has 0 heterocycles. The van der Waals surface area contributed by atoms with Gasteiger partial charge in [-0.2, -0.15) is 0 Å². The Morgan fingerprint density at radius 3 is 2.06 bits per heavy atom. The van der Waals surface area contributed by atoms with Gasteiger partial charge in [0, 0.05) is 26.1 Å². The molecule has 0 bridgehead atoms. The Morgan fingerprint density at radius 2 is 1.53 bits per heavy atom. The summed E-state index contributed by atoms with van der Waals surface area (Å²) in [5.74, 6) is -1.73. The second-order valence-electron chi connectivity index (χ2n) is 8.83. The second-order valence-corrected chi connectivity index (χ2v) is 8.83. The van der Waals surface area contributed by atoms with Crippen molar-refractivity contribution in [1.29, 1.82) is 0 Å². The number of ether oxygens (including phenoxy) is 2. The molecular weight excluding hydrogens is 436 g/mol. The maximum atomic E-state index is 12.8. The maximum Gasteiger partial charge on any atom is 0.407 e. The Bertz CT molecular complexity index is 976. The molecule has 3 rings (SSSR count). The number of carboxylic acid groups (broad SMARTS) is 1. The summed E-state index contributed by atoms with van der Waals surface area (Å²) in [6.45, 7) is 4.14. The van der Waals surface area contributed by atoms with Crippen LogP contribution in [-0.2, 0) is 19.1 Å². The maximum absolute atomic E-state index is 12.8. The highest BCUT2D eigenvalue weighted by atomic mass is 16.5. The molecule has 34 heavy (non-hydrogen) atoms. The number of hydrogen-bond donors (Lipinski definition) is 3. The van der Waals surface area contributed by atoms with Gasteiger partial charge in [0.15, 0.2) is 0 Å². The van der Waals surface area contributed by atoms with Crippen LogP contribution < -0.4 is 10.6 Å².